The molecular formula is C31H36FNO3. The van der Waals surface area contributed by atoms with E-state index in [1.54, 1.807) is 0 Å². The number of aliphatic hydroxyl groups excluding tert-OH is 1. The first-order valence-corrected chi connectivity index (χ1v) is 13.2. The van der Waals surface area contributed by atoms with E-state index in [-0.39, 0.29) is 19.3 Å². The summed E-state index contributed by atoms with van der Waals surface area (Å²) in [6.07, 6.45) is 5.15. The number of halogens is 1. The molecule has 1 aliphatic carbocycles. The van der Waals surface area contributed by atoms with Gasteiger partial charge in [0, 0.05) is 24.2 Å². The number of ether oxygens (including phenoxy) is 2. The molecule has 0 spiro atoms. The average Bonchev–Trinajstić information content (AvgIpc) is 3.58. The van der Waals surface area contributed by atoms with E-state index in [9.17, 15) is 9.50 Å². The Hall–Kier alpha value is -2.89. The Morgan fingerprint density at radius 2 is 1.81 bits per heavy atom. The summed E-state index contributed by atoms with van der Waals surface area (Å²) in [5.41, 5.74) is 8.48. The number of fused-ring (bicyclic) bond motifs is 1. The lowest BCUT2D eigenvalue weighted by molar-refractivity contribution is 0.151. The maximum atomic E-state index is 13.1. The highest BCUT2D eigenvalue weighted by atomic mass is 19.1. The highest BCUT2D eigenvalue weighted by Crippen LogP contribution is 2.41. The van der Waals surface area contributed by atoms with Crippen LogP contribution in [0.1, 0.15) is 47.1 Å². The van der Waals surface area contributed by atoms with E-state index in [4.69, 9.17) is 9.47 Å². The van der Waals surface area contributed by atoms with Crippen molar-refractivity contribution >= 4 is 0 Å². The van der Waals surface area contributed by atoms with Crippen LogP contribution in [0.4, 0.5) is 4.39 Å². The SMILES string of the molecule is Cc1c(COc2cc(OCCF)c(CN3CCC[C@H]3CO)c3c2CCC3)cccc1-c1ccccc1. The fourth-order valence-electron chi connectivity index (χ4n) is 5.81. The monoisotopic (exact) mass is 489 g/mol. The number of benzene rings is 3. The second-order valence-corrected chi connectivity index (χ2v) is 9.89. The van der Waals surface area contributed by atoms with E-state index in [0.29, 0.717) is 6.61 Å². The molecule has 1 fully saturated rings. The average molecular weight is 490 g/mol. The Morgan fingerprint density at radius 1 is 0.972 bits per heavy atom. The van der Waals surface area contributed by atoms with Crippen molar-refractivity contribution in [3.05, 3.63) is 82.4 Å². The van der Waals surface area contributed by atoms with Crippen molar-refractivity contribution in [2.75, 3.05) is 26.4 Å². The van der Waals surface area contributed by atoms with Gasteiger partial charge in [-0.2, -0.15) is 0 Å². The third-order valence-electron chi connectivity index (χ3n) is 7.76. The summed E-state index contributed by atoms with van der Waals surface area (Å²) in [6.45, 7) is 4.00. The largest absolute Gasteiger partial charge is 0.490 e. The zero-order valence-corrected chi connectivity index (χ0v) is 21.1. The molecule has 1 atom stereocenters. The standard InChI is InChI=1S/C31H36FNO3/c1-22-24(10-5-12-26(22)23-8-3-2-4-9-23)21-36-30-18-31(35-17-15-32)29(27-13-6-14-28(27)30)19-33-16-7-11-25(33)20-34/h2-5,8-10,12,18,25,34H,6-7,11,13-17,19-21H2,1H3/t25-/m0/s1. The van der Waals surface area contributed by atoms with Crippen LogP contribution in [0, 0.1) is 6.92 Å². The van der Waals surface area contributed by atoms with Gasteiger partial charge in [-0.15, -0.1) is 0 Å². The minimum atomic E-state index is -0.527. The maximum Gasteiger partial charge on any atom is 0.127 e. The highest BCUT2D eigenvalue weighted by Gasteiger charge is 2.29. The number of aliphatic hydroxyl groups is 1. The van der Waals surface area contributed by atoms with Crippen molar-refractivity contribution in [1.29, 1.82) is 0 Å². The first-order valence-electron chi connectivity index (χ1n) is 13.2. The van der Waals surface area contributed by atoms with Crippen LogP contribution >= 0.6 is 0 Å². The van der Waals surface area contributed by atoms with E-state index in [1.165, 1.54) is 27.8 Å². The van der Waals surface area contributed by atoms with Crippen molar-refractivity contribution < 1.29 is 19.0 Å². The summed E-state index contributed by atoms with van der Waals surface area (Å²) < 4.78 is 25.5. The predicted molar refractivity (Wildman–Crippen MR) is 141 cm³/mol. The molecule has 0 bridgehead atoms. The molecule has 0 unspecified atom stereocenters. The van der Waals surface area contributed by atoms with Gasteiger partial charge in [0.05, 0.1) is 6.61 Å². The molecule has 0 radical (unpaired) electrons. The number of nitrogens with zero attached hydrogens (tertiary/aromatic N) is 1. The van der Waals surface area contributed by atoms with Gasteiger partial charge in [0.2, 0.25) is 0 Å². The van der Waals surface area contributed by atoms with Crippen LogP contribution in [-0.2, 0) is 26.0 Å². The normalized spacial score (nSPS) is 17.4. The molecule has 5 rings (SSSR count). The second kappa shape index (κ2) is 11.4. The zero-order valence-electron chi connectivity index (χ0n) is 21.1. The Balaban J connectivity index is 1.43. The van der Waals surface area contributed by atoms with E-state index in [2.05, 4.69) is 54.3 Å². The van der Waals surface area contributed by atoms with E-state index >= 15 is 0 Å². The van der Waals surface area contributed by atoms with Crippen LogP contribution in [0.3, 0.4) is 0 Å². The predicted octanol–water partition coefficient (Wildman–Crippen LogP) is 6.03. The fourth-order valence-corrected chi connectivity index (χ4v) is 5.81. The topological polar surface area (TPSA) is 41.9 Å². The molecule has 1 saturated heterocycles. The summed E-state index contributed by atoms with van der Waals surface area (Å²) in [5.74, 6) is 1.58. The Kier molecular flexibility index (Phi) is 7.88. The zero-order chi connectivity index (χ0) is 24.9. The Morgan fingerprint density at radius 3 is 2.61 bits per heavy atom. The van der Waals surface area contributed by atoms with Gasteiger partial charge in [-0.3, -0.25) is 4.90 Å². The van der Waals surface area contributed by atoms with Crippen molar-refractivity contribution in [3.8, 4) is 22.6 Å². The number of hydrogen-bond donors (Lipinski definition) is 1. The van der Waals surface area contributed by atoms with Crippen LogP contribution in [0.15, 0.2) is 54.6 Å². The number of hydrogen-bond acceptors (Lipinski definition) is 4. The van der Waals surface area contributed by atoms with Crippen molar-refractivity contribution in [2.45, 2.75) is 58.2 Å². The molecule has 2 aliphatic rings. The lowest BCUT2D eigenvalue weighted by Gasteiger charge is -2.26. The molecule has 0 aromatic heterocycles. The molecule has 190 valence electrons. The molecule has 5 heteroatoms. The molecule has 1 heterocycles. The van der Waals surface area contributed by atoms with Gasteiger partial charge in [0.15, 0.2) is 0 Å². The highest BCUT2D eigenvalue weighted by molar-refractivity contribution is 5.68. The Bertz CT molecular complexity index is 1180. The fraction of sp³-hybridized carbons (Fsp3) is 0.419. The summed E-state index contributed by atoms with van der Waals surface area (Å²) in [5, 5.41) is 9.81. The number of likely N-dealkylation sites (tertiary alicyclic amines) is 1. The molecule has 1 N–H and O–H groups in total. The molecular weight excluding hydrogens is 453 g/mol. The van der Waals surface area contributed by atoms with Crippen LogP contribution in [0.25, 0.3) is 11.1 Å². The molecule has 4 nitrogen and oxygen atoms in total. The Labute approximate surface area is 213 Å². The first-order chi connectivity index (χ1) is 17.7. The maximum absolute atomic E-state index is 13.1. The van der Waals surface area contributed by atoms with Gasteiger partial charge in [-0.25, -0.2) is 4.39 Å². The van der Waals surface area contributed by atoms with Gasteiger partial charge in [-0.1, -0.05) is 48.5 Å². The second-order valence-electron chi connectivity index (χ2n) is 9.89. The van der Waals surface area contributed by atoms with E-state index in [1.807, 2.05) is 12.1 Å². The molecule has 3 aromatic rings. The first kappa shape index (κ1) is 24.8. The van der Waals surface area contributed by atoms with E-state index < -0.39 is 6.67 Å². The molecule has 0 saturated carbocycles. The van der Waals surface area contributed by atoms with Crippen molar-refractivity contribution in [3.63, 3.8) is 0 Å². The summed E-state index contributed by atoms with van der Waals surface area (Å²) >= 11 is 0. The minimum Gasteiger partial charge on any atom is -0.490 e. The summed E-state index contributed by atoms with van der Waals surface area (Å²) in [6, 6.07) is 19.0. The third-order valence-corrected chi connectivity index (χ3v) is 7.76. The lowest BCUT2D eigenvalue weighted by atomic mass is 9.97. The van der Waals surface area contributed by atoms with Gasteiger partial charge in [0.25, 0.3) is 0 Å². The molecule has 1 aliphatic heterocycles. The van der Waals surface area contributed by atoms with Crippen molar-refractivity contribution in [2.24, 2.45) is 0 Å². The number of alkyl halides is 1. The quantitative estimate of drug-likeness (QED) is 0.377. The summed E-state index contributed by atoms with van der Waals surface area (Å²) in [4.78, 5) is 2.34. The van der Waals surface area contributed by atoms with Gasteiger partial charge >= 0.3 is 0 Å². The van der Waals surface area contributed by atoms with Crippen LogP contribution in [-0.4, -0.2) is 42.5 Å². The van der Waals surface area contributed by atoms with Crippen LogP contribution in [0.5, 0.6) is 11.5 Å². The third kappa shape index (κ3) is 5.14. The van der Waals surface area contributed by atoms with Crippen LogP contribution < -0.4 is 9.47 Å². The summed E-state index contributed by atoms with van der Waals surface area (Å²) in [7, 11) is 0. The molecule has 0 amide bonds. The van der Waals surface area contributed by atoms with Crippen LogP contribution in [0.2, 0.25) is 0 Å². The van der Waals surface area contributed by atoms with E-state index in [0.717, 1.165) is 67.8 Å². The minimum absolute atomic E-state index is 0.0346. The lowest BCUT2D eigenvalue weighted by Crippen LogP contribution is -2.32. The van der Waals surface area contributed by atoms with Gasteiger partial charge in [0.1, 0.15) is 31.4 Å². The molecule has 3 aromatic carbocycles. The van der Waals surface area contributed by atoms with Gasteiger partial charge < -0.3 is 14.6 Å². The molecule has 36 heavy (non-hydrogen) atoms. The van der Waals surface area contributed by atoms with Gasteiger partial charge in [-0.05, 0) is 79.0 Å². The number of rotatable bonds is 10. The van der Waals surface area contributed by atoms with Crippen molar-refractivity contribution in [1.82, 2.24) is 4.90 Å². The smallest absolute Gasteiger partial charge is 0.127 e.